The van der Waals surface area contributed by atoms with E-state index < -0.39 is 20.0 Å². The maximum absolute atomic E-state index is 12.5. The second kappa shape index (κ2) is 8.44. The van der Waals surface area contributed by atoms with E-state index in [4.69, 9.17) is 4.74 Å². The standard InChI is InChI=1S/C19H17BrN2O5S2/c1-27-17-8-12-19(13-9-17)29(25,26)22-16-6-10-18(11-7-16)28(23,24)21-15-4-2-14(20)3-5-15/h2-13,21-22H,1H3. The summed E-state index contributed by atoms with van der Waals surface area (Å²) in [6.45, 7) is 0. The van der Waals surface area contributed by atoms with Gasteiger partial charge in [0.05, 0.1) is 16.9 Å². The van der Waals surface area contributed by atoms with Crippen molar-refractivity contribution in [3.63, 3.8) is 0 Å². The highest BCUT2D eigenvalue weighted by Gasteiger charge is 2.17. The molecule has 0 aromatic heterocycles. The van der Waals surface area contributed by atoms with Crippen molar-refractivity contribution >= 4 is 47.4 Å². The van der Waals surface area contributed by atoms with Crippen molar-refractivity contribution in [1.29, 1.82) is 0 Å². The summed E-state index contributed by atoms with van der Waals surface area (Å²) in [4.78, 5) is 0.0692. The van der Waals surface area contributed by atoms with E-state index in [1.165, 1.54) is 55.6 Å². The molecule has 3 rings (SSSR count). The first kappa shape index (κ1) is 21.2. The quantitative estimate of drug-likeness (QED) is 0.513. The highest BCUT2D eigenvalue weighted by atomic mass is 79.9. The van der Waals surface area contributed by atoms with Gasteiger partial charge in [-0.3, -0.25) is 9.44 Å². The van der Waals surface area contributed by atoms with Crippen molar-refractivity contribution in [3.8, 4) is 5.75 Å². The Labute approximate surface area is 178 Å². The average molecular weight is 497 g/mol. The van der Waals surface area contributed by atoms with E-state index in [2.05, 4.69) is 25.4 Å². The summed E-state index contributed by atoms with van der Waals surface area (Å²) in [6, 6.07) is 18.0. The predicted octanol–water partition coefficient (Wildman–Crippen LogP) is 4.06. The maximum Gasteiger partial charge on any atom is 0.261 e. The van der Waals surface area contributed by atoms with E-state index in [9.17, 15) is 16.8 Å². The Morgan fingerprint density at radius 3 is 1.45 bits per heavy atom. The Morgan fingerprint density at radius 1 is 0.655 bits per heavy atom. The third-order valence-corrected chi connectivity index (χ3v) is 7.21. The van der Waals surface area contributed by atoms with Crippen LogP contribution in [0.3, 0.4) is 0 Å². The molecule has 0 aliphatic carbocycles. The minimum Gasteiger partial charge on any atom is -0.497 e. The highest BCUT2D eigenvalue weighted by molar-refractivity contribution is 9.10. The minimum absolute atomic E-state index is 0.00724. The fourth-order valence-electron chi connectivity index (χ4n) is 2.40. The van der Waals surface area contributed by atoms with Gasteiger partial charge in [0.15, 0.2) is 0 Å². The summed E-state index contributed by atoms with van der Waals surface area (Å²) < 4.78 is 60.6. The lowest BCUT2D eigenvalue weighted by Gasteiger charge is -2.11. The van der Waals surface area contributed by atoms with Crippen LogP contribution in [-0.4, -0.2) is 23.9 Å². The Kier molecular flexibility index (Phi) is 6.15. The van der Waals surface area contributed by atoms with Crippen LogP contribution in [-0.2, 0) is 20.0 Å². The SMILES string of the molecule is COc1ccc(S(=O)(=O)Nc2ccc(S(=O)(=O)Nc3ccc(Br)cc3)cc2)cc1. The minimum atomic E-state index is -3.81. The molecule has 0 aliphatic heterocycles. The van der Waals surface area contributed by atoms with Crippen molar-refractivity contribution in [1.82, 2.24) is 0 Å². The summed E-state index contributed by atoms with van der Waals surface area (Å²) in [5.74, 6) is 0.539. The molecule has 0 saturated heterocycles. The summed E-state index contributed by atoms with van der Waals surface area (Å²) in [5, 5.41) is 0. The maximum atomic E-state index is 12.5. The van der Waals surface area contributed by atoms with Crippen LogP contribution >= 0.6 is 15.9 Å². The van der Waals surface area contributed by atoms with Crippen LogP contribution in [0.5, 0.6) is 5.75 Å². The lowest BCUT2D eigenvalue weighted by Crippen LogP contribution is -2.14. The molecule has 7 nitrogen and oxygen atoms in total. The molecule has 0 saturated carbocycles. The summed E-state index contributed by atoms with van der Waals surface area (Å²) in [5.41, 5.74) is 0.654. The number of hydrogen-bond acceptors (Lipinski definition) is 5. The molecule has 3 aromatic rings. The van der Waals surface area contributed by atoms with Gasteiger partial charge < -0.3 is 4.74 Å². The molecule has 152 valence electrons. The van der Waals surface area contributed by atoms with Crippen LogP contribution in [0.25, 0.3) is 0 Å². The third-order valence-electron chi connectivity index (χ3n) is 3.88. The number of benzene rings is 3. The molecular weight excluding hydrogens is 480 g/mol. The van der Waals surface area contributed by atoms with Gasteiger partial charge in [-0.25, -0.2) is 16.8 Å². The molecule has 0 bridgehead atoms. The Balaban J connectivity index is 1.75. The first-order chi connectivity index (χ1) is 13.7. The summed E-state index contributed by atoms with van der Waals surface area (Å²) in [6.07, 6.45) is 0. The Bertz CT molecular complexity index is 1190. The number of ether oxygens (including phenoxy) is 1. The molecule has 10 heteroatoms. The van der Waals surface area contributed by atoms with E-state index >= 15 is 0 Å². The first-order valence-electron chi connectivity index (χ1n) is 8.25. The van der Waals surface area contributed by atoms with Crippen LogP contribution in [0.4, 0.5) is 11.4 Å². The van der Waals surface area contributed by atoms with Crippen LogP contribution in [0.15, 0.2) is 87.1 Å². The molecule has 0 aliphatic rings. The molecular formula is C19H17BrN2O5S2. The van der Waals surface area contributed by atoms with Crippen LogP contribution in [0.2, 0.25) is 0 Å². The van der Waals surface area contributed by atoms with Crippen LogP contribution in [0, 0.1) is 0 Å². The van der Waals surface area contributed by atoms with Crippen molar-refractivity contribution in [3.05, 3.63) is 77.3 Å². The van der Waals surface area contributed by atoms with Crippen LogP contribution < -0.4 is 14.2 Å². The van der Waals surface area contributed by atoms with Crippen molar-refractivity contribution in [2.24, 2.45) is 0 Å². The molecule has 0 spiro atoms. The van der Waals surface area contributed by atoms with Gasteiger partial charge >= 0.3 is 0 Å². The zero-order valence-corrected chi connectivity index (χ0v) is 18.4. The number of anilines is 2. The monoisotopic (exact) mass is 496 g/mol. The van der Waals surface area contributed by atoms with Gasteiger partial charge in [0.25, 0.3) is 20.0 Å². The van der Waals surface area contributed by atoms with Crippen molar-refractivity contribution < 1.29 is 21.6 Å². The van der Waals surface area contributed by atoms with Gasteiger partial charge in [0.1, 0.15) is 5.75 Å². The number of nitrogens with one attached hydrogen (secondary N) is 2. The number of methoxy groups -OCH3 is 1. The van der Waals surface area contributed by atoms with E-state index in [-0.39, 0.29) is 15.5 Å². The molecule has 0 amide bonds. The topological polar surface area (TPSA) is 102 Å². The Hall–Kier alpha value is -2.56. The number of halogens is 1. The second-order valence-electron chi connectivity index (χ2n) is 5.92. The third kappa shape index (κ3) is 5.28. The molecule has 29 heavy (non-hydrogen) atoms. The van der Waals surface area contributed by atoms with Crippen LogP contribution in [0.1, 0.15) is 0 Å². The van der Waals surface area contributed by atoms with Gasteiger partial charge in [0, 0.05) is 15.8 Å². The van der Waals surface area contributed by atoms with Crippen molar-refractivity contribution in [2.45, 2.75) is 9.79 Å². The lowest BCUT2D eigenvalue weighted by molar-refractivity contribution is 0.414. The Morgan fingerprint density at radius 2 is 1.03 bits per heavy atom. The van der Waals surface area contributed by atoms with E-state index in [0.29, 0.717) is 11.4 Å². The van der Waals surface area contributed by atoms with E-state index in [1.54, 1.807) is 24.3 Å². The lowest BCUT2D eigenvalue weighted by atomic mass is 10.3. The molecule has 0 heterocycles. The summed E-state index contributed by atoms with van der Waals surface area (Å²) >= 11 is 3.29. The van der Waals surface area contributed by atoms with Gasteiger partial charge in [-0.1, -0.05) is 15.9 Å². The zero-order valence-electron chi connectivity index (χ0n) is 15.2. The molecule has 0 atom stereocenters. The predicted molar refractivity (Wildman–Crippen MR) is 115 cm³/mol. The average Bonchev–Trinajstić information content (AvgIpc) is 2.70. The first-order valence-corrected chi connectivity index (χ1v) is 12.0. The fraction of sp³-hybridized carbons (Fsp3) is 0.0526. The number of hydrogen-bond donors (Lipinski definition) is 2. The summed E-state index contributed by atoms with van der Waals surface area (Å²) in [7, 11) is -6.13. The molecule has 0 unspecified atom stereocenters. The normalized spacial score (nSPS) is 11.7. The van der Waals surface area contributed by atoms with Gasteiger partial charge in [-0.2, -0.15) is 0 Å². The van der Waals surface area contributed by atoms with Gasteiger partial charge in [-0.15, -0.1) is 0 Å². The van der Waals surface area contributed by atoms with Crippen molar-refractivity contribution in [2.75, 3.05) is 16.6 Å². The molecule has 2 N–H and O–H groups in total. The van der Waals surface area contributed by atoms with E-state index in [0.717, 1.165) is 4.47 Å². The van der Waals surface area contributed by atoms with Gasteiger partial charge in [-0.05, 0) is 72.8 Å². The molecule has 3 aromatic carbocycles. The second-order valence-corrected chi connectivity index (χ2v) is 10.2. The largest absolute Gasteiger partial charge is 0.497 e. The number of rotatable bonds is 7. The van der Waals surface area contributed by atoms with E-state index in [1.807, 2.05) is 0 Å². The highest BCUT2D eigenvalue weighted by Crippen LogP contribution is 2.22. The zero-order chi connectivity index (χ0) is 21.1. The molecule has 0 radical (unpaired) electrons. The molecule has 0 fully saturated rings. The fourth-order valence-corrected chi connectivity index (χ4v) is 4.78. The smallest absolute Gasteiger partial charge is 0.261 e. The van der Waals surface area contributed by atoms with Gasteiger partial charge in [0.2, 0.25) is 0 Å². The number of sulfonamides is 2.